The number of piperidine rings is 1. The number of amides is 1. The van der Waals surface area contributed by atoms with E-state index in [1.165, 1.54) is 0 Å². The summed E-state index contributed by atoms with van der Waals surface area (Å²) >= 11 is 0. The van der Waals surface area contributed by atoms with Crippen LogP contribution < -0.4 is 10.6 Å². The minimum Gasteiger partial charge on any atom is -0.393 e. The summed E-state index contributed by atoms with van der Waals surface area (Å²) in [4.78, 5) is 14.7. The summed E-state index contributed by atoms with van der Waals surface area (Å²) in [5.41, 5.74) is 0. The molecule has 0 spiro atoms. The van der Waals surface area contributed by atoms with Crippen LogP contribution in [0.25, 0.3) is 0 Å². The van der Waals surface area contributed by atoms with Crippen molar-refractivity contribution >= 4 is 5.91 Å². The van der Waals surface area contributed by atoms with Gasteiger partial charge in [-0.2, -0.15) is 0 Å². The number of aliphatic hydroxyl groups excluding tert-OH is 1. The average Bonchev–Trinajstić information content (AvgIpc) is 2.93. The van der Waals surface area contributed by atoms with Gasteiger partial charge in [-0.3, -0.25) is 9.69 Å². The highest BCUT2D eigenvalue weighted by atomic mass is 16.3. The SMILES string of the molecule is CC(O)CCCNC(=O)C1CCCN1C1CCNCC1. The van der Waals surface area contributed by atoms with E-state index in [0.717, 1.165) is 58.2 Å². The Morgan fingerprint density at radius 1 is 1.40 bits per heavy atom. The van der Waals surface area contributed by atoms with Gasteiger partial charge in [0.25, 0.3) is 0 Å². The van der Waals surface area contributed by atoms with E-state index in [-0.39, 0.29) is 18.1 Å². The molecule has 0 saturated carbocycles. The van der Waals surface area contributed by atoms with E-state index < -0.39 is 0 Å². The van der Waals surface area contributed by atoms with Crippen molar-refractivity contribution in [3.63, 3.8) is 0 Å². The van der Waals surface area contributed by atoms with Crippen molar-refractivity contribution in [3.8, 4) is 0 Å². The molecule has 116 valence electrons. The molecule has 5 nitrogen and oxygen atoms in total. The van der Waals surface area contributed by atoms with Crippen LogP contribution in [0.5, 0.6) is 0 Å². The summed E-state index contributed by atoms with van der Waals surface area (Å²) in [7, 11) is 0. The third-order valence-corrected chi connectivity index (χ3v) is 4.47. The Balaban J connectivity index is 1.75. The zero-order valence-corrected chi connectivity index (χ0v) is 12.6. The first kappa shape index (κ1) is 15.7. The summed E-state index contributed by atoms with van der Waals surface area (Å²) in [5.74, 6) is 0.187. The largest absolute Gasteiger partial charge is 0.393 e. The average molecular weight is 283 g/mol. The van der Waals surface area contributed by atoms with Crippen LogP contribution in [0.15, 0.2) is 0 Å². The molecule has 2 heterocycles. The van der Waals surface area contributed by atoms with E-state index in [2.05, 4.69) is 15.5 Å². The maximum Gasteiger partial charge on any atom is 0.237 e. The lowest BCUT2D eigenvalue weighted by atomic mass is 10.0. The zero-order chi connectivity index (χ0) is 14.4. The molecule has 1 amide bonds. The van der Waals surface area contributed by atoms with Gasteiger partial charge in [-0.25, -0.2) is 0 Å². The summed E-state index contributed by atoms with van der Waals surface area (Å²) in [6, 6.07) is 0.650. The normalized spacial score (nSPS) is 26.6. The molecule has 0 radical (unpaired) electrons. The van der Waals surface area contributed by atoms with Crippen LogP contribution in [0, 0.1) is 0 Å². The maximum absolute atomic E-state index is 12.3. The Morgan fingerprint density at radius 3 is 2.85 bits per heavy atom. The van der Waals surface area contributed by atoms with Crippen LogP contribution in [0.1, 0.15) is 45.4 Å². The number of nitrogens with one attached hydrogen (secondary N) is 2. The summed E-state index contributed by atoms with van der Waals surface area (Å²) in [5, 5.41) is 15.6. The fourth-order valence-electron chi connectivity index (χ4n) is 3.37. The van der Waals surface area contributed by atoms with Crippen molar-refractivity contribution in [3.05, 3.63) is 0 Å². The standard InChI is InChI=1S/C15H29N3O2/c1-12(19)4-2-8-17-15(20)14-5-3-11-18(14)13-6-9-16-10-7-13/h12-14,16,19H,2-11H2,1H3,(H,17,20). The summed E-state index contributed by atoms with van der Waals surface area (Å²) in [6.45, 7) is 5.68. The van der Waals surface area contributed by atoms with E-state index in [9.17, 15) is 9.90 Å². The Bertz CT molecular complexity index is 303. The minimum absolute atomic E-state index is 0.0737. The van der Waals surface area contributed by atoms with E-state index in [0.29, 0.717) is 12.6 Å². The van der Waals surface area contributed by atoms with Crippen LogP contribution in [0.2, 0.25) is 0 Å². The molecule has 0 bridgehead atoms. The number of aliphatic hydroxyl groups is 1. The molecular formula is C15H29N3O2. The van der Waals surface area contributed by atoms with Crippen molar-refractivity contribution in [2.24, 2.45) is 0 Å². The second-order valence-electron chi connectivity index (χ2n) is 6.16. The molecule has 0 aromatic rings. The predicted molar refractivity (Wildman–Crippen MR) is 79.5 cm³/mol. The molecule has 3 N–H and O–H groups in total. The predicted octanol–water partition coefficient (Wildman–Crippen LogP) is 0.480. The fourth-order valence-corrected chi connectivity index (χ4v) is 3.37. The van der Waals surface area contributed by atoms with Gasteiger partial charge in [0.2, 0.25) is 5.91 Å². The topological polar surface area (TPSA) is 64.6 Å². The Hall–Kier alpha value is -0.650. The van der Waals surface area contributed by atoms with E-state index in [1.807, 2.05) is 0 Å². The van der Waals surface area contributed by atoms with Gasteiger partial charge in [0.1, 0.15) is 0 Å². The van der Waals surface area contributed by atoms with Crippen LogP contribution >= 0.6 is 0 Å². The lowest BCUT2D eigenvalue weighted by Crippen LogP contribution is -2.50. The van der Waals surface area contributed by atoms with Crippen molar-refractivity contribution in [1.29, 1.82) is 0 Å². The van der Waals surface area contributed by atoms with E-state index >= 15 is 0 Å². The Morgan fingerprint density at radius 2 is 2.15 bits per heavy atom. The van der Waals surface area contributed by atoms with Gasteiger partial charge < -0.3 is 15.7 Å². The van der Waals surface area contributed by atoms with Crippen LogP contribution in [-0.4, -0.2) is 60.3 Å². The molecule has 0 aliphatic carbocycles. The molecule has 5 heteroatoms. The Kier molecular flexibility index (Phi) is 6.26. The molecule has 0 aromatic carbocycles. The minimum atomic E-state index is -0.274. The first-order valence-electron chi connectivity index (χ1n) is 8.10. The van der Waals surface area contributed by atoms with Crippen LogP contribution in [0.3, 0.4) is 0 Å². The van der Waals surface area contributed by atoms with Crippen molar-refractivity contribution in [2.45, 2.75) is 63.6 Å². The quantitative estimate of drug-likeness (QED) is 0.621. The second kappa shape index (κ2) is 7.96. The summed E-state index contributed by atoms with van der Waals surface area (Å²) < 4.78 is 0. The van der Waals surface area contributed by atoms with Gasteiger partial charge in [0, 0.05) is 12.6 Å². The molecule has 2 fully saturated rings. The van der Waals surface area contributed by atoms with Crippen molar-refractivity contribution < 1.29 is 9.90 Å². The number of rotatable bonds is 6. The van der Waals surface area contributed by atoms with E-state index in [4.69, 9.17) is 0 Å². The third-order valence-electron chi connectivity index (χ3n) is 4.47. The first-order chi connectivity index (χ1) is 9.68. The highest BCUT2D eigenvalue weighted by Gasteiger charge is 2.35. The molecule has 2 atom stereocenters. The van der Waals surface area contributed by atoms with Gasteiger partial charge in [-0.15, -0.1) is 0 Å². The summed E-state index contributed by atoms with van der Waals surface area (Å²) in [6.07, 6.45) is 5.77. The number of carbonyl (C=O) groups is 1. The van der Waals surface area contributed by atoms with Crippen LogP contribution in [-0.2, 0) is 4.79 Å². The molecular weight excluding hydrogens is 254 g/mol. The molecule has 2 saturated heterocycles. The lowest BCUT2D eigenvalue weighted by molar-refractivity contribution is -0.126. The highest BCUT2D eigenvalue weighted by Crippen LogP contribution is 2.24. The Labute approximate surface area is 122 Å². The molecule has 2 unspecified atom stereocenters. The molecule has 20 heavy (non-hydrogen) atoms. The first-order valence-corrected chi connectivity index (χ1v) is 8.10. The fraction of sp³-hybridized carbons (Fsp3) is 0.933. The maximum atomic E-state index is 12.3. The number of hydrogen-bond donors (Lipinski definition) is 3. The number of carbonyl (C=O) groups excluding carboxylic acids is 1. The lowest BCUT2D eigenvalue weighted by Gasteiger charge is -2.35. The molecule has 0 aromatic heterocycles. The smallest absolute Gasteiger partial charge is 0.237 e. The van der Waals surface area contributed by atoms with Crippen LogP contribution in [0.4, 0.5) is 0 Å². The molecule has 2 rings (SSSR count). The second-order valence-corrected chi connectivity index (χ2v) is 6.16. The molecule has 2 aliphatic rings. The zero-order valence-electron chi connectivity index (χ0n) is 12.6. The van der Waals surface area contributed by atoms with Crippen molar-refractivity contribution in [1.82, 2.24) is 15.5 Å². The van der Waals surface area contributed by atoms with Gasteiger partial charge in [-0.05, 0) is 65.1 Å². The van der Waals surface area contributed by atoms with Gasteiger partial charge in [0.15, 0.2) is 0 Å². The van der Waals surface area contributed by atoms with Crippen molar-refractivity contribution in [2.75, 3.05) is 26.2 Å². The number of likely N-dealkylation sites (tertiary alicyclic amines) is 1. The molecule has 2 aliphatic heterocycles. The van der Waals surface area contributed by atoms with Gasteiger partial charge in [-0.1, -0.05) is 0 Å². The monoisotopic (exact) mass is 283 g/mol. The van der Waals surface area contributed by atoms with E-state index in [1.54, 1.807) is 6.92 Å². The van der Waals surface area contributed by atoms with Gasteiger partial charge >= 0.3 is 0 Å². The van der Waals surface area contributed by atoms with Gasteiger partial charge in [0.05, 0.1) is 12.1 Å². The number of hydrogen-bond acceptors (Lipinski definition) is 4. The highest BCUT2D eigenvalue weighted by molar-refractivity contribution is 5.82. The number of nitrogens with zero attached hydrogens (tertiary/aromatic N) is 1. The third kappa shape index (κ3) is 4.43.